The van der Waals surface area contributed by atoms with Crippen LogP contribution in [0.4, 0.5) is 0 Å². The van der Waals surface area contributed by atoms with Crippen molar-refractivity contribution >= 4 is 0 Å². The molecule has 1 aliphatic carbocycles. The van der Waals surface area contributed by atoms with Crippen LogP contribution in [0.15, 0.2) is 188 Å². The molecule has 230 valence electrons. The van der Waals surface area contributed by atoms with Gasteiger partial charge in [-0.05, 0) is 104 Å². The number of pyridine rings is 3. The van der Waals surface area contributed by atoms with E-state index in [1.807, 2.05) is 48.8 Å². The molecule has 0 atom stereocenters. The Hall–Kier alpha value is -6.45. The molecular formula is C46H31N3. The van der Waals surface area contributed by atoms with Crippen LogP contribution in [0, 0.1) is 0 Å². The average molecular weight is 626 g/mol. The van der Waals surface area contributed by atoms with Crippen molar-refractivity contribution in [1.82, 2.24) is 15.0 Å². The highest BCUT2D eigenvalue weighted by atomic mass is 14.8. The van der Waals surface area contributed by atoms with Crippen LogP contribution in [-0.4, -0.2) is 15.0 Å². The van der Waals surface area contributed by atoms with E-state index in [4.69, 9.17) is 15.0 Å². The van der Waals surface area contributed by atoms with E-state index in [-0.39, 0.29) is 0 Å². The van der Waals surface area contributed by atoms with Gasteiger partial charge in [0.15, 0.2) is 0 Å². The second-order valence-electron chi connectivity index (χ2n) is 12.4. The molecule has 1 aliphatic rings. The maximum absolute atomic E-state index is 5.11. The molecule has 0 saturated carbocycles. The summed E-state index contributed by atoms with van der Waals surface area (Å²) in [6, 6.07) is 62.7. The lowest BCUT2D eigenvalue weighted by Crippen LogP contribution is -2.28. The van der Waals surface area contributed by atoms with Gasteiger partial charge in [-0.2, -0.15) is 0 Å². The van der Waals surface area contributed by atoms with Crippen LogP contribution in [-0.2, 0) is 5.41 Å². The van der Waals surface area contributed by atoms with E-state index >= 15 is 0 Å². The molecule has 3 nitrogen and oxygen atoms in total. The van der Waals surface area contributed by atoms with Crippen LogP contribution in [0.3, 0.4) is 0 Å². The van der Waals surface area contributed by atoms with Gasteiger partial charge in [0.25, 0.3) is 0 Å². The van der Waals surface area contributed by atoms with Crippen LogP contribution in [0.2, 0.25) is 0 Å². The normalized spacial score (nSPS) is 12.7. The number of hydrogen-bond donors (Lipinski definition) is 0. The molecule has 0 spiro atoms. The minimum Gasteiger partial charge on any atom is -0.255 e. The number of fused-ring (bicyclic) bond motifs is 3. The summed E-state index contributed by atoms with van der Waals surface area (Å²) >= 11 is 0. The van der Waals surface area contributed by atoms with Crippen LogP contribution >= 0.6 is 0 Å². The minimum atomic E-state index is -0.515. The van der Waals surface area contributed by atoms with E-state index in [2.05, 4.69) is 140 Å². The molecule has 0 radical (unpaired) electrons. The molecule has 0 bridgehead atoms. The first-order valence-electron chi connectivity index (χ1n) is 16.6. The summed E-state index contributed by atoms with van der Waals surface area (Å²) in [5.41, 5.74) is 14.8. The van der Waals surface area contributed by atoms with Gasteiger partial charge in [-0.15, -0.1) is 0 Å². The zero-order chi connectivity index (χ0) is 32.6. The van der Waals surface area contributed by atoms with Gasteiger partial charge < -0.3 is 0 Å². The molecule has 0 aliphatic heterocycles. The molecule has 0 unspecified atom stereocenters. The van der Waals surface area contributed by atoms with Gasteiger partial charge in [-0.25, -0.2) is 4.98 Å². The van der Waals surface area contributed by atoms with E-state index in [9.17, 15) is 0 Å². The maximum Gasteiger partial charge on any atom is 0.0900 e. The van der Waals surface area contributed by atoms with Crippen molar-refractivity contribution in [3.05, 3.63) is 211 Å². The molecule has 5 aromatic carbocycles. The van der Waals surface area contributed by atoms with Gasteiger partial charge in [0.05, 0.1) is 28.2 Å². The predicted octanol–water partition coefficient (Wildman–Crippen LogP) is 10.9. The summed E-state index contributed by atoms with van der Waals surface area (Å²) in [7, 11) is 0. The molecule has 0 amide bonds. The smallest absolute Gasteiger partial charge is 0.0900 e. The third kappa shape index (κ3) is 4.78. The van der Waals surface area contributed by atoms with Crippen molar-refractivity contribution in [3.63, 3.8) is 0 Å². The Balaban J connectivity index is 1.40. The Kier molecular flexibility index (Phi) is 7.02. The standard InChI is InChI=1S/C46H31N3/c1-4-16-32(17-5-1)37-30-39-36-22-10-11-23-40(36)46(34-18-6-2-7-19-34,35-20-8-3-9-21-35)41(39)31-38(37)33-28-44(42-24-12-14-26-47-42)49-45(29-33)43-25-13-15-27-48-43/h1-31H. The van der Waals surface area contributed by atoms with Crippen molar-refractivity contribution in [3.8, 4) is 56.2 Å². The molecule has 3 heteroatoms. The van der Waals surface area contributed by atoms with Crippen molar-refractivity contribution < 1.29 is 0 Å². The van der Waals surface area contributed by atoms with Gasteiger partial charge in [0.2, 0.25) is 0 Å². The zero-order valence-corrected chi connectivity index (χ0v) is 26.7. The molecule has 0 fully saturated rings. The largest absolute Gasteiger partial charge is 0.255 e. The third-order valence-electron chi connectivity index (χ3n) is 9.67. The van der Waals surface area contributed by atoms with E-state index in [1.165, 1.54) is 33.4 Å². The van der Waals surface area contributed by atoms with E-state index in [0.717, 1.165) is 45.0 Å². The van der Waals surface area contributed by atoms with Gasteiger partial charge in [0.1, 0.15) is 0 Å². The zero-order valence-electron chi connectivity index (χ0n) is 26.7. The van der Waals surface area contributed by atoms with E-state index in [1.54, 1.807) is 0 Å². The Morgan fingerprint density at radius 2 is 0.837 bits per heavy atom. The summed E-state index contributed by atoms with van der Waals surface area (Å²) in [6.07, 6.45) is 3.64. The van der Waals surface area contributed by atoms with E-state index in [0.29, 0.717) is 0 Å². The maximum atomic E-state index is 5.11. The summed E-state index contributed by atoms with van der Waals surface area (Å²) in [4.78, 5) is 14.5. The van der Waals surface area contributed by atoms with Crippen molar-refractivity contribution in [2.24, 2.45) is 0 Å². The first kappa shape index (κ1) is 28.7. The van der Waals surface area contributed by atoms with Gasteiger partial charge in [-0.3, -0.25) is 9.97 Å². The van der Waals surface area contributed by atoms with Gasteiger partial charge >= 0.3 is 0 Å². The SMILES string of the molecule is c1ccc(-c2cc3c(cc2-c2cc(-c4ccccn4)nc(-c4ccccn4)c2)C(c2ccccc2)(c2ccccc2)c2ccccc2-3)cc1. The monoisotopic (exact) mass is 625 g/mol. The van der Waals surface area contributed by atoms with E-state index < -0.39 is 5.41 Å². The number of aromatic nitrogens is 3. The van der Waals surface area contributed by atoms with Crippen LogP contribution in [0.5, 0.6) is 0 Å². The number of rotatable bonds is 6. The predicted molar refractivity (Wildman–Crippen MR) is 199 cm³/mol. The topological polar surface area (TPSA) is 38.7 Å². The lowest BCUT2D eigenvalue weighted by atomic mass is 9.67. The number of hydrogen-bond acceptors (Lipinski definition) is 3. The molecule has 9 rings (SSSR count). The second-order valence-corrected chi connectivity index (χ2v) is 12.4. The molecule has 3 aromatic heterocycles. The summed E-state index contributed by atoms with van der Waals surface area (Å²) < 4.78 is 0. The fourth-order valence-corrected chi connectivity index (χ4v) is 7.56. The lowest BCUT2D eigenvalue weighted by Gasteiger charge is -2.34. The lowest BCUT2D eigenvalue weighted by molar-refractivity contribution is 0.769. The third-order valence-corrected chi connectivity index (χ3v) is 9.67. The van der Waals surface area contributed by atoms with Gasteiger partial charge in [0, 0.05) is 12.4 Å². The number of nitrogens with zero attached hydrogens (tertiary/aromatic N) is 3. The van der Waals surface area contributed by atoms with Crippen LogP contribution < -0.4 is 0 Å². The number of benzene rings is 5. The van der Waals surface area contributed by atoms with Crippen LogP contribution in [0.1, 0.15) is 22.3 Å². The molecule has 8 aromatic rings. The molecule has 0 saturated heterocycles. The van der Waals surface area contributed by atoms with Crippen molar-refractivity contribution in [1.29, 1.82) is 0 Å². The molecule has 3 heterocycles. The van der Waals surface area contributed by atoms with Crippen LogP contribution in [0.25, 0.3) is 56.2 Å². The fraction of sp³-hybridized carbons (Fsp3) is 0.0217. The minimum absolute atomic E-state index is 0.515. The first-order valence-corrected chi connectivity index (χ1v) is 16.6. The Bertz CT molecular complexity index is 2310. The Morgan fingerprint density at radius 3 is 1.41 bits per heavy atom. The molecule has 0 N–H and O–H groups in total. The van der Waals surface area contributed by atoms with Crippen molar-refractivity contribution in [2.75, 3.05) is 0 Å². The average Bonchev–Trinajstić information content (AvgIpc) is 3.49. The molecular weight excluding hydrogens is 595 g/mol. The first-order chi connectivity index (χ1) is 24.3. The second kappa shape index (κ2) is 12.0. The summed E-state index contributed by atoms with van der Waals surface area (Å²) in [5.74, 6) is 0. The summed E-state index contributed by atoms with van der Waals surface area (Å²) in [5, 5.41) is 0. The Labute approximate surface area is 286 Å². The van der Waals surface area contributed by atoms with Gasteiger partial charge in [-0.1, -0.05) is 127 Å². The Morgan fingerprint density at radius 1 is 0.327 bits per heavy atom. The highest BCUT2D eigenvalue weighted by Crippen LogP contribution is 2.58. The highest BCUT2D eigenvalue weighted by molar-refractivity contribution is 5.95. The van der Waals surface area contributed by atoms with Crippen molar-refractivity contribution in [2.45, 2.75) is 5.41 Å². The fourth-order valence-electron chi connectivity index (χ4n) is 7.56. The summed E-state index contributed by atoms with van der Waals surface area (Å²) in [6.45, 7) is 0. The highest BCUT2D eigenvalue weighted by Gasteiger charge is 2.46. The molecule has 49 heavy (non-hydrogen) atoms. The quantitative estimate of drug-likeness (QED) is 0.185.